The molecule has 1 aromatic carbocycles. The summed E-state index contributed by atoms with van der Waals surface area (Å²) < 4.78 is 12.0. The lowest BCUT2D eigenvalue weighted by atomic mass is 10.0. The molecule has 350 valence electrons. The highest BCUT2D eigenvalue weighted by Gasteiger charge is 2.22. The Morgan fingerprint density at radius 1 is 0.550 bits per heavy atom. The van der Waals surface area contributed by atoms with Crippen molar-refractivity contribution in [2.75, 3.05) is 57.1 Å². The minimum Gasteiger partial charge on any atom is -0.499 e. The monoisotopic (exact) mass is 844 g/mol. The molecule has 0 aliphatic heterocycles. The van der Waals surface area contributed by atoms with Crippen molar-refractivity contribution in [2.24, 2.45) is 0 Å². The van der Waals surface area contributed by atoms with Crippen molar-refractivity contribution in [3.8, 4) is 0 Å². The molecule has 1 N–H and O–H groups in total. The number of nitrogens with zero attached hydrogens (tertiary/aromatic N) is 2. The average molecular weight is 844 g/mol. The molecule has 60 heavy (non-hydrogen) atoms. The minimum absolute atomic E-state index is 0.00949. The van der Waals surface area contributed by atoms with Gasteiger partial charge in [0.05, 0.1) is 12.4 Å². The number of nitrogens with one attached hydrogen (secondary N) is 1. The van der Waals surface area contributed by atoms with Crippen LogP contribution in [0, 0.1) is 0 Å². The first kappa shape index (κ1) is 55.7. The van der Waals surface area contributed by atoms with E-state index in [1.54, 1.807) is 4.90 Å². The highest BCUT2D eigenvalue weighted by molar-refractivity contribution is 5.74. The molecule has 0 saturated heterocycles. The van der Waals surface area contributed by atoms with Crippen LogP contribution in [-0.2, 0) is 14.3 Å². The fourth-order valence-electron chi connectivity index (χ4n) is 8.30. The number of carbonyl (C=O) groups is 1. The number of hydrogen-bond acceptors (Lipinski definition) is 8. The van der Waals surface area contributed by atoms with Gasteiger partial charge in [0.1, 0.15) is 17.5 Å². The third-order valence-electron chi connectivity index (χ3n) is 12.2. The molecule has 0 aromatic heterocycles. The van der Waals surface area contributed by atoms with Gasteiger partial charge >= 0.3 is 5.97 Å². The number of esters is 1. The number of ether oxygens (including phenoxy) is 2. The molecule has 0 amide bonds. The lowest BCUT2D eigenvalue weighted by molar-refractivity contribution is -0.150. The van der Waals surface area contributed by atoms with Crippen LogP contribution in [0.4, 0.5) is 11.4 Å². The Morgan fingerprint density at radius 3 is 1.50 bits per heavy atom. The summed E-state index contributed by atoms with van der Waals surface area (Å²) in [5.41, 5.74) is 0.179. The maximum atomic E-state index is 12.9. The summed E-state index contributed by atoms with van der Waals surface area (Å²) in [4.78, 5) is 41.3. The van der Waals surface area contributed by atoms with E-state index in [1.807, 2.05) is 14.1 Å². The predicted octanol–water partition coefficient (Wildman–Crippen LogP) is 13.8. The summed E-state index contributed by atoms with van der Waals surface area (Å²) in [6.45, 7) is 15.6. The van der Waals surface area contributed by atoms with Crippen LogP contribution >= 0.6 is 0 Å². The summed E-state index contributed by atoms with van der Waals surface area (Å²) in [5.74, 6) is 0.962. The largest absolute Gasteiger partial charge is 0.499 e. The number of allylic oxidation sites excluding steroid dienone is 1. The van der Waals surface area contributed by atoms with E-state index in [1.165, 1.54) is 148 Å². The van der Waals surface area contributed by atoms with Crippen LogP contribution in [-0.4, -0.2) is 63.9 Å². The second kappa shape index (κ2) is 39.5. The fraction of sp³-hybridized carbons (Fsp3) is 0.865. The molecule has 1 rings (SSSR count). The average Bonchev–Trinajstić information content (AvgIpc) is 3.23. The van der Waals surface area contributed by atoms with Crippen molar-refractivity contribution in [3.05, 3.63) is 32.8 Å². The number of rotatable bonds is 46. The molecular formula is C52H97N3O5. The van der Waals surface area contributed by atoms with Crippen LogP contribution < -0.4 is 21.1 Å². The maximum Gasteiger partial charge on any atom is 0.306 e. The van der Waals surface area contributed by atoms with Gasteiger partial charge in [0.15, 0.2) is 0 Å². The van der Waals surface area contributed by atoms with Crippen molar-refractivity contribution in [2.45, 2.75) is 245 Å². The summed E-state index contributed by atoms with van der Waals surface area (Å²) in [6.07, 6.45) is 40.5. The third kappa shape index (κ3) is 29.8. The van der Waals surface area contributed by atoms with E-state index in [9.17, 15) is 14.4 Å². The van der Waals surface area contributed by atoms with E-state index in [0.717, 1.165) is 96.2 Å². The first-order chi connectivity index (χ1) is 29.2. The van der Waals surface area contributed by atoms with Gasteiger partial charge in [-0.15, -0.1) is 0 Å². The zero-order chi connectivity index (χ0) is 43.9. The molecule has 0 spiro atoms. The molecule has 0 unspecified atom stereocenters. The summed E-state index contributed by atoms with van der Waals surface area (Å²) in [6, 6.07) is 0. The Kier molecular flexibility index (Phi) is 36.6. The molecule has 0 bridgehead atoms. The number of unbranched alkanes of at least 4 members (excludes halogenated alkanes) is 24. The van der Waals surface area contributed by atoms with Gasteiger partial charge in [0.25, 0.3) is 10.9 Å². The second-order valence-electron chi connectivity index (χ2n) is 18.2. The standard InChI is InChI=1S/C52H97N3O5/c1-7-10-13-16-19-28-35-45-59-46(4)37-29-22-20-26-33-42-55(44-36-41-53-49-50(54(5)6)52(58)51(49)57)43-34-27-21-25-32-40-48(56)60-47(38-30-23-17-14-11-8-2)39-31-24-18-15-12-9-3/h47,53H,4,7-45H2,1-3,5-6H3. The Labute approximate surface area is 370 Å². The molecule has 0 aliphatic carbocycles. The van der Waals surface area contributed by atoms with Gasteiger partial charge in [-0.25, -0.2) is 0 Å². The Morgan fingerprint density at radius 2 is 0.983 bits per heavy atom. The smallest absolute Gasteiger partial charge is 0.306 e. The summed E-state index contributed by atoms with van der Waals surface area (Å²) in [7, 11) is 3.62. The van der Waals surface area contributed by atoms with Gasteiger partial charge in [-0.05, 0) is 83.8 Å². The lowest BCUT2D eigenvalue weighted by Crippen LogP contribution is -2.40. The summed E-state index contributed by atoms with van der Waals surface area (Å²) >= 11 is 0. The van der Waals surface area contributed by atoms with Gasteiger partial charge in [0, 0.05) is 33.5 Å². The third-order valence-corrected chi connectivity index (χ3v) is 12.2. The van der Waals surface area contributed by atoms with E-state index >= 15 is 0 Å². The highest BCUT2D eigenvalue weighted by atomic mass is 16.5. The molecule has 8 nitrogen and oxygen atoms in total. The SMILES string of the molecule is C=C(CCCCCCCN(CCCCCCCC(=O)OC(CCCCCCCC)CCCCCCCC)CCCNc1c(N(C)C)c(=O)c1=O)OCCCCCCCCC. The van der Waals surface area contributed by atoms with Gasteiger partial charge in [-0.3, -0.25) is 14.4 Å². The van der Waals surface area contributed by atoms with E-state index in [0.29, 0.717) is 24.3 Å². The Hall–Kier alpha value is -2.35. The van der Waals surface area contributed by atoms with Crippen LogP contribution in [0.1, 0.15) is 239 Å². The normalized spacial score (nSPS) is 11.6. The minimum atomic E-state index is -0.395. The first-order valence-corrected chi connectivity index (χ1v) is 25.7. The zero-order valence-corrected chi connectivity index (χ0v) is 40.3. The van der Waals surface area contributed by atoms with Crippen molar-refractivity contribution in [1.29, 1.82) is 0 Å². The van der Waals surface area contributed by atoms with Crippen LogP contribution in [0.2, 0.25) is 0 Å². The Bertz CT molecular complexity index is 1210. The lowest BCUT2D eigenvalue weighted by Gasteiger charge is -2.23. The van der Waals surface area contributed by atoms with E-state index in [4.69, 9.17) is 9.47 Å². The van der Waals surface area contributed by atoms with Crippen molar-refractivity contribution < 1.29 is 14.3 Å². The molecule has 0 radical (unpaired) electrons. The predicted molar refractivity (Wildman–Crippen MR) is 260 cm³/mol. The number of anilines is 2. The molecule has 0 saturated carbocycles. The molecular weight excluding hydrogens is 747 g/mol. The van der Waals surface area contributed by atoms with Crippen LogP contribution in [0.3, 0.4) is 0 Å². The topological polar surface area (TPSA) is 88.2 Å². The van der Waals surface area contributed by atoms with Crippen LogP contribution in [0.5, 0.6) is 0 Å². The van der Waals surface area contributed by atoms with E-state index < -0.39 is 10.9 Å². The van der Waals surface area contributed by atoms with Gasteiger partial charge in [-0.1, -0.05) is 169 Å². The first-order valence-electron chi connectivity index (χ1n) is 25.7. The van der Waals surface area contributed by atoms with Crippen LogP contribution in [0.25, 0.3) is 0 Å². The van der Waals surface area contributed by atoms with Gasteiger partial charge < -0.3 is 24.6 Å². The molecule has 0 fully saturated rings. The summed E-state index contributed by atoms with van der Waals surface area (Å²) in [5, 5.41) is 3.25. The highest BCUT2D eigenvalue weighted by Crippen LogP contribution is 2.20. The Balaban J connectivity index is 2.39. The van der Waals surface area contributed by atoms with Crippen molar-refractivity contribution >= 4 is 17.3 Å². The molecule has 1 aromatic rings. The van der Waals surface area contributed by atoms with Gasteiger partial charge in [-0.2, -0.15) is 0 Å². The van der Waals surface area contributed by atoms with Crippen molar-refractivity contribution in [3.63, 3.8) is 0 Å². The molecule has 0 atom stereocenters. The zero-order valence-electron chi connectivity index (χ0n) is 40.3. The maximum absolute atomic E-state index is 12.9. The number of carbonyl (C=O) groups excluding carboxylic acids is 1. The van der Waals surface area contributed by atoms with E-state index in [2.05, 4.69) is 37.6 Å². The molecule has 0 aliphatic rings. The van der Waals surface area contributed by atoms with Crippen molar-refractivity contribution in [1.82, 2.24) is 4.90 Å². The van der Waals surface area contributed by atoms with E-state index in [-0.39, 0.29) is 12.1 Å². The second-order valence-corrected chi connectivity index (χ2v) is 18.2. The fourth-order valence-corrected chi connectivity index (χ4v) is 8.30. The quantitative estimate of drug-likeness (QED) is 0.0300. The molecule has 8 heteroatoms. The number of hydrogen-bond donors (Lipinski definition) is 1. The van der Waals surface area contributed by atoms with Gasteiger partial charge in [0.2, 0.25) is 0 Å². The molecule has 0 heterocycles. The van der Waals surface area contributed by atoms with Crippen LogP contribution in [0.15, 0.2) is 21.9 Å².